The van der Waals surface area contributed by atoms with Gasteiger partial charge in [0.05, 0.1) is 0 Å². The maximum absolute atomic E-state index is 11.2. The molecule has 92 valence electrons. The lowest BCUT2D eigenvalue weighted by Gasteiger charge is -2.16. The molecular weight excluding hydrogens is 240 g/mol. The number of hydrogen-bond acceptors (Lipinski definition) is 1. The largest absolute Gasteiger partial charge is 0.287 e. The number of rotatable bonds is 4. The Morgan fingerprint density at radius 1 is 1.06 bits per heavy atom. The third-order valence-electron chi connectivity index (χ3n) is 3.16. The fraction of sp³-hybridized carbons (Fsp3) is 0.188. The first kappa shape index (κ1) is 12.9. The van der Waals surface area contributed by atoms with Crippen LogP contribution < -0.4 is 0 Å². The third kappa shape index (κ3) is 3.02. The lowest BCUT2D eigenvalue weighted by atomic mass is 9.89. The van der Waals surface area contributed by atoms with Crippen molar-refractivity contribution < 1.29 is 4.79 Å². The lowest BCUT2D eigenvalue weighted by Crippen LogP contribution is -2.03. The fourth-order valence-electron chi connectivity index (χ4n) is 2.20. The Morgan fingerprint density at radius 3 is 2.33 bits per heavy atom. The van der Waals surface area contributed by atoms with E-state index in [9.17, 15) is 4.79 Å². The predicted molar refractivity (Wildman–Crippen MR) is 78.1 cm³/mol. The molecule has 2 heteroatoms. The first-order valence-electron chi connectivity index (χ1n) is 6.03. The van der Waals surface area contributed by atoms with Crippen molar-refractivity contribution in [3.63, 3.8) is 0 Å². The highest BCUT2D eigenvalue weighted by Crippen LogP contribution is 2.27. The summed E-state index contributed by atoms with van der Waals surface area (Å²) in [5.41, 5.74) is 3.52. The van der Waals surface area contributed by atoms with Gasteiger partial charge < -0.3 is 0 Å². The third-order valence-corrected chi connectivity index (χ3v) is 3.32. The maximum atomic E-state index is 11.2. The van der Waals surface area contributed by atoms with Gasteiger partial charge in [-0.1, -0.05) is 61.5 Å². The molecule has 0 aliphatic rings. The molecule has 1 nitrogen and oxygen atoms in total. The van der Waals surface area contributed by atoms with Crippen LogP contribution in [0, 0.1) is 0 Å². The summed E-state index contributed by atoms with van der Waals surface area (Å²) in [6.07, 6.45) is 0.385. The Balaban J connectivity index is 2.36. The molecule has 0 fully saturated rings. The molecule has 2 aromatic rings. The van der Waals surface area contributed by atoms with Crippen molar-refractivity contribution >= 4 is 17.7 Å². The van der Waals surface area contributed by atoms with Gasteiger partial charge in [-0.3, -0.25) is 4.79 Å². The van der Waals surface area contributed by atoms with Gasteiger partial charge in [0.25, 0.3) is 0 Å². The van der Waals surface area contributed by atoms with E-state index >= 15 is 0 Å². The van der Waals surface area contributed by atoms with Crippen LogP contribution in [0.1, 0.15) is 29.5 Å². The van der Waals surface area contributed by atoms with E-state index in [2.05, 4.69) is 37.8 Å². The quantitative estimate of drug-likeness (QED) is 0.823. The normalized spacial score (nSPS) is 12.1. The second-order valence-corrected chi connectivity index (χ2v) is 4.90. The molecule has 1 atom stereocenters. The zero-order valence-corrected chi connectivity index (χ0v) is 11.2. The van der Waals surface area contributed by atoms with Crippen LogP contribution >= 0.6 is 12.6 Å². The van der Waals surface area contributed by atoms with Gasteiger partial charge in [0.2, 0.25) is 0 Å². The van der Waals surface area contributed by atoms with Crippen molar-refractivity contribution in [2.24, 2.45) is 0 Å². The topological polar surface area (TPSA) is 17.1 Å². The molecule has 0 saturated heterocycles. The van der Waals surface area contributed by atoms with E-state index in [1.807, 2.05) is 36.4 Å². The van der Waals surface area contributed by atoms with Gasteiger partial charge in [0, 0.05) is 12.3 Å². The van der Waals surface area contributed by atoms with Crippen molar-refractivity contribution in [1.82, 2.24) is 0 Å². The molecule has 0 aromatic heterocycles. The summed E-state index contributed by atoms with van der Waals surface area (Å²) in [4.78, 5) is 11.2. The van der Waals surface area contributed by atoms with Crippen molar-refractivity contribution in [3.05, 3.63) is 71.3 Å². The second-order valence-electron chi connectivity index (χ2n) is 4.40. The maximum Gasteiger partial charge on any atom is 0.190 e. The summed E-state index contributed by atoms with van der Waals surface area (Å²) in [7, 11) is 0. The van der Waals surface area contributed by atoms with E-state index in [0.717, 1.165) is 5.56 Å². The highest BCUT2D eigenvalue weighted by molar-refractivity contribution is 7.96. The van der Waals surface area contributed by atoms with E-state index in [-0.39, 0.29) is 11.0 Å². The van der Waals surface area contributed by atoms with Crippen LogP contribution in [0.2, 0.25) is 0 Å². The zero-order valence-electron chi connectivity index (χ0n) is 10.3. The summed E-state index contributed by atoms with van der Waals surface area (Å²) in [5.74, 6) is 0.287. The molecule has 18 heavy (non-hydrogen) atoms. The van der Waals surface area contributed by atoms with Crippen LogP contribution in [0.5, 0.6) is 0 Å². The molecule has 0 aliphatic carbocycles. The molecule has 0 aliphatic heterocycles. The minimum Gasteiger partial charge on any atom is -0.287 e. The van der Waals surface area contributed by atoms with Gasteiger partial charge in [0.15, 0.2) is 5.12 Å². The van der Waals surface area contributed by atoms with Crippen LogP contribution in [0.4, 0.5) is 0 Å². The Labute approximate surface area is 113 Å². The number of hydrogen-bond donors (Lipinski definition) is 1. The standard InChI is InChI=1S/C16H16OS/c1-12(13-7-3-2-4-8-13)15-10-6-5-9-14(15)11-16(17)18/h2-10,12H,11H2,1H3,(H,17,18). The Bertz CT molecular complexity index is 534. The molecule has 0 amide bonds. The van der Waals surface area contributed by atoms with Crippen molar-refractivity contribution in [2.75, 3.05) is 0 Å². The average molecular weight is 256 g/mol. The average Bonchev–Trinajstić information content (AvgIpc) is 2.39. The second kappa shape index (κ2) is 5.87. The highest BCUT2D eigenvalue weighted by Gasteiger charge is 2.13. The van der Waals surface area contributed by atoms with Crippen LogP contribution in [-0.4, -0.2) is 5.12 Å². The molecule has 2 aromatic carbocycles. The first-order chi connectivity index (χ1) is 8.68. The molecule has 0 N–H and O–H groups in total. The van der Waals surface area contributed by atoms with Crippen LogP contribution in [0.25, 0.3) is 0 Å². The predicted octanol–water partition coefficient (Wildman–Crippen LogP) is 3.84. The number of carbonyl (C=O) groups is 1. The van der Waals surface area contributed by atoms with Gasteiger partial charge in [-0.15, -0.1) is 12.6 Å². The SMILES string of the molecule is CC(c1ccccc1)c1ccccc1CC(=O)S. The van der Waals surface area contributed by atoms with Crippen LogP contribution in [-0.2, 0) is 11.2 Å². The molecule has 0 heterocycles. The molecular formula is C16H16OS. The smallest absolute Gasteiger partial charge is 0.190 e. The fourth-order valence-corrected chi connectivity index (χ4v) is 2.37. The van der Waals surface area contributed by atoms with Crippen LogP contribution in [0.15, 0.2) is 54.6 Å². The van der Waals surface area contributed by atoms with Gasteiger partial charge in [-0.05, 0) is 16.7 Å². The van der Waals surface area contributed by atoms with Gasteiger partial charge in [-0.25, -0.2) is 0 Å². The Hall–Kier alpha value is -1.54. The molecule has 0 saturated carbocycles. The first-order valence-corrected chi connectivity index (χ1v) is 6.47. The minimum atomic E-state index is -0.0947. The van der Waals surface area contributed by atoms with E-state index in [0.29, 0.717) is 6.42 Å². The number of benzene rings is 2. The highest BCUT2D eigenvalue weighted by atomic mass is 32.1. The van der Waals surface area contributed by atoms with E-state index in [4.69, 9.17) is 0 Å². The summed E-state index contributed by atoms with van der Waals surface area (Å²) in [6, 6.07) is 18.4. The molecule has 0 spiro atoms. The van der Waals surface area contributed by atoms with Crippen molar-refractivity contribution in [3.8, 4) is 0 Å². The number of thiol groups is 1. The van der Waals surface area contributed by atoms with Crippen molar-refractivity contribution in [1.29, 1.82) is 0 Å². The van der Waals surface area contributed by atoms with E-state index in [1.165, 1.54) is 11.1 Å². The van der Waals surface area contributed by atoms with Gasteiger partial charge in [0.1, 0.15) is 0 Å². The summed E-state index contributed by atoms with van der Waals surface area (Å²) >= 11 is 3.87. The Morgan fingerprint density at radius 2 is 1.67 bits per heavy atom. The number of carbonyl (C=O) groups excluding carboxylic acids is 1. The van der Waals surface area contributed by atoms with Crippen molar-refractivity contribution in [2.45, 2.75) is 19.3 Å². The van der Waals surface area contributed by atoms with E-state index in [1.54, 1.807) is 0 Å². The van der Waals surface area contributed by atoms with Gasteiger partial charge in [-0.2, -0.15) is 0 Å². The Kier molecular flexibility index (Phi) is 4.21. The lowest BCUT2D eigenvalue weighted by molar-refractivity contribution is -0.110. The van der Waals surface area contributed by atoms with Gasteiger partial charge >= 0.3 is 0 Å². The molecule has 0 bridgehead atoms. The van der Waals surface area contributed by atoms with Crippen LogP contribution in [0.3, 0.4) is 0 Å². The van der Waals surface area contributed by atoms with E-state index < -0.39 is 0 Å². The monoisotopic (exact) mass is 256 g/mol. The molecule has 1 unspecified atom stereocenters. The summed E-state index contributed by atoms with van der Waals surface area (Å²) in [5, 5.41) is -0.0947. The summed E-state index contributed by atoms with van der Waals surface area (Å²) < 4.78 is 0. The minimum absolute atomic E-state index is 0.0947. The zero-order chi connectivity index (χ0) is 13.0. The molecule has 0 radical (unpaired) electrons. The molecule has 2 rings (SSSR count). The summed E-state index contributed by atoms with van der Waals surface area (Å²) in [6.45, 7) is 2.16.